The van der Waals surface area contributed by atoms with E-state index >= 15 is 0 Å². The third kappa shape index (κ3) is 5.41. The maximum atomic E-state index is 6.09. The molecule has 0 N–H and O–H groups in total. The Labute approximate surface area is 259 Å². The van der Waals surface area contributed by atoms with Gasteiger partial charge in [0.1, 0.15) is 46.0 Å². The van der Waals surface area contributed by atoms with Crippen LogP contribution in [-0.4, -0.2) is 56.9 Å². The van der Waals surface area contributed by atoms with E-state index in [4.69, 9.17) is 37.9 Å². The normalized spacial score (nSPS) is 17.0. The fraction of sp³-hybridized carbons (Fsp3) is 0.333. The highest BCUT2D eigenvalue weighted by atomic mass is 16.5. The van der Waals surface area contributed by atoms with Gasteiger partial charge in [0.25, 0.3) is 0 Å². The molecular formula is C36H40O8. The Balaban J connectivity index is 1.89. The highest BCUT2D eigenvalue weighted by Gasteiger charge is 2.52. The van der Waals surface area contributed by atoms with Crippen LogP contribution in [-0.2, 0) is 18.3 Å². The first-order valence-corrected chi connectivity index (χ1v) is 14.3. The molecule has 1 aliphatic rings. The van der Waals surface area contributed by atoms with E-state index in [1.54, 1.807) is 56.9 Å². The minimum atomic E-state index is -0.598. The van der Waals surface area contributed by atoms with Gasteiger partial charge in [0.15, 0.2) is 0 Å². The maximum absolute atomic E-state index is 6.09. The van der Waals surface area contributed by atoms with E-state index in [0.717, 1.165) is 45.1 Å². The predicted molar refractivity (Wildman–Crippen MR) is 169 cm³/mol. The molecule has 2 atom stereocenters. The van der Waals surface area contributed by atoms with Crippen LogP contribution in [0.3, 0.4) is 0 Å². The first-order chi connectivity index (χ1) is 21.4. The number of fused-ring (bicyclic) bond motifs is 1. The second-order valence-corrected chi connectivity index (χ2v) is 10.7. The average molecular weight is 601 g/mol. The Hall–Kier alpha value is -4.72. The van der Waals surface area contributed by atoms with Gasteiger partial charge < -0.3 is 37.9 Å². The number of benzene rings is 4. The lowest BCUT2D eigenvalue weighted by molar-refractivity contribution is 0.337. The molecule has 0 saturated heterocycles. The van der Waals surface area contributed by atoms with Gasteiger partial charge in [-0.3, -0.25) is 0 Å². The van der Waals surface area contributed by atoms with Crippen LogP contribution in [0.2, 0.25) is 0 Å². The lowest BCUT2D eigenvalue weighted by atomic mass is 9.64. The molecule has 4 aromatic rings. The lowest BCUT2D eigenvalue weighted by Crippen LogP contribution is -2.35. The fourth-order valence-electron chi connectivity index (χ4n) is 6.70. The Morgan fingerprint density at radius 1 is 0.523 bits per heavy atom. The van der Waals surface area contributed by atoms with Gasteiger partial charge in [-0.15, -0.1) is 0 Å². The van der Waals surface area contributed by atoms with E-state index in [-0.39, 0.29) is 5.92 Å². The summed E-state index contributed by atoms with van der Waals surface area (Å²) in [5.74, 6) is 5.48. The molecule has 0 radical (unpaired) electrons. The molecule has 0 fully saturated rings. The van der Waals surface area contributed by atoms with Crippen molar-refractivity contribution in [2.24, 2.45) is 0 Å². The van der Waals surface area contributed by atoms with Crippen LogP contribution in [0, 0.1) is 0 Å². The molecule has 0 bridgehead atoms. The standard InChI is InChI=1S/C36H40O8/c1-37-24-9-11-29(31(17-24)42-6)35-34-23(15-28(41-5)19-33(34)44-8)21-36(35,30-12-10-25(38-2)18-32(30)43-7)20-22-13-26(39-3)16-27(14-22)40-4/h9-19,35H,20-21H2,1-8H3/t35-,36+/m0/s1. The van der Waals surface area contributed by atoms with Crippen molar-refractivity contribution in [3.63, 3.8) is 0 Å². The molecule has 0 amide bonds. The fourth-order valence-corrected chi connectivity index (χ4v) is 6.70. The van der Waals surface area contributed by atoms with E-state index < -0.39 is 5.41 Å². The van der Waals surface area contributed by atoms with Gasteiger partial charge in [-0.25, -0.2) is 0 Å². The first-order valence-electron chi connectivity index (χ1n) is 14.3. The van der Waals surface area contributed by atoms with Gasteiger partial charge in [0.2, 0.25) is 0 Å². The van der Waals surface area contributed by atoms with E-state index in [2.05, 4.69) is 30.3 Å². The van der Waals surface area contributed by atoms with Gasteiger partial charge in [-0.05, 0) is 54.3 Å². The molecule has 0 saturated carbocycles. The zero-order chi connectivity index (χ0) is 31.4. The minimum absolute atomic E-state index is 0.237. The Morgan fingerprint density at radius 3 is 1.61 bits per heavy atom. The highest BCUT2D eigenvalue weighted by molar-refractivity contribution is 5.64. The van der Waals surface area contributed by atoms with E-state index in [1.165, 1.54) is 0 Å². The molecule has 44 heavy (non-hydrogen) atoms. The summed E-state index contributed by atoms with van der Waals surface area (Å²) in [5, 5.41) is 0. The van der Waals surface area contributed by atoms with Crippen LogP contribution in [0.1, 0.15) is 33.7 Å². The van der Waals surface area contributed by atoms with E-state index in [1.807, 2.05) is 36.4 Å². The first kappa shape index (κ1) is 30.7. The summed E-state index contributed by atoms with van der Waals surface area (Å²) in [6, 6.07) is 22.0. The van der Waals surface area contributed by atoms with Gasteiger partial charge in [-0.1, -0.05) is 12.1 Å². The summed E-state index contributed by atoms with van der Waals surface area (Å²) >= 11 is 0. The average Bonchev–Trinajstić information content (AvgIpc) is 3.40. The number of hydrogen-bond acceptors (Lipinski definition) is 8. The summed E-state index contributed by atoms with van der Waals surface area (Å²) in [6.07, 6.45) is 1.25. The van der Waals surface area contributed by atoms with Gasteiger partial charge >= 0.3 is 0 Å². The third-order valence-corrected chi connectivity index (χ3v) is 8.63. The van der Waals surface area contributed by atoms with Gasteiger partial charge in [-0.2, -0.15) is 0 Å². The molecule has 5 rings (SSSR count). The molecule has 1 aliphatic carbocycles. The molecule has 8 nitrogen and oxygen atoms in total. The number of methoxy groups -OCH3 is 8. The number of ether oxygens (including phenoxy) is 8. The topological polar surface area (TPSA) is 73.8 Å². The molecule has 0 unspecified atom stereocenters. The second kappa shape index (κ2) is 12.9. The Kier molecular flexibility index (Phi) is 8.99. The quantitative estimate of drug-likeness (QED) is 0.180. The molecule has 8 heteroatoms. The van der Waals surface area contributed by atoms with Crippen molar-refractivity contribution in [3.8, 4) is 46.0 Å². The van der Waals surface area contributed by atoms with Crippen LogP contribution in [0.15, 0.2) is 66.7 Å². The SMILES string of the molecule is COc1cc(C[C@]2(c3ccc(OC)cc3OC)Cc3cc(OC)cc(OC)c3[C@@H]2c2ccc(OC)cc2OC)cc(OC)c1. The van der Waals surface area contributed by atoms with Gasteiger partial charge in [0.05, 0.1) is 56.9 Å². The predicted octanol–water partition coefficient (Wildman–Crippen LogP) is 6.62. The van der Waals surface area contributed by atoms with Crippen molar-refractivity contribution in [1.29, 1.82) is 0 Å². The number of hydrogen-bond donors (Lipinski definition) is 0. The second-order valence-electron chi connectivity index (χ2n) is 10.7. The minimum Gasteiger partial charge on any atom is -0.497 e. The summed E-state index contributed by atoms with van der Waals surface area (Å²) in [6.45, 7) is 0. The molecule has 0 heterocycles. The van der Waals surface area contributed by atoms with E-state index in [0.29, 0.717) is 41.6 Å². The number of rotatable bonds is 12. The van der Waals surface area contributed by atoms with Crippen molar-refractivity contribution in [2.75, 3.05) is 56.9 Å². The van der Waals surface area contributed by atoms with Crippen molar-refractivity contribution in [2.45, 2.75) is 24.2 Å². The van der Waals surface area contributed by atoms with Crippen molar-refractivity contribution < 1.29 is 37.9 Å². The molecule has 0 aliphatic heterocycles. The maximum Gasteiger partial charge on any atom is 0.126 e. The smallest absolute Gasteiger partial charge is 0.126 e. The molecular weight excluding hydrogens is 560 g/mol. The van der Waals surface area contributed by atoms with Crippen molar-refractivity contribution >= 4 is 0 Å². The Bertz CT molecular complexity index is 1610. The lowest BCUT2D eigenvalue weighted by Gasteiger charge is -2.39. The molecule has 232 valence electrons. The van der Waals surface area contributed by atoms with Crippen molar-refractivity contribution in [3.05, 3.63) is 94.5 Å². The van der Waals surface area contributed by atoms with Crippen LogP contribution >= 0.6 is 0 Å². The van der Waals surface area contributed by atoms with Crippen LogP contribution < -0.4 is 37.9 Å². The third-order valence-electron chi connectivity index (χ3n) is 8.63. The largest absolute Gasteiger partial charge is 0.497 e. The van der Waals surface area contributed by atoms with Gasteiger partial charge in [0, 0.05) is 52.3 Å². The zero-order valence-electron chi connectivity index (χ0n) is 26.6. The van der Waals surface area contributed by atoms with Crippen LogP contribution in [0.25, 0.3) is 0 Å². The highest BCUT2D eigenvalue weighted by Crippen LogP contribution is 2.60. The summed E-state index contributed by atoms with van der Waals surface area (Å²) < 4.78 is 46.5. The molecule has 4 aromatic carbocycles. The summed E-state index contributed by atoms with van der Waals surface area (Å²) in [5.41, 5.74) is 4.61. The van der Waals surface area contributed by atoms with Crippen molar-refractivity contribution in [1.82, 2.24) is 0 Å². The van der Waals surface area contributed by atoms with Crippen LogP contribution in [0.4, 0.5) is 0 Å². The summed E-state index contributed by atoms with van der Waals surface area (Å²) in [4.78, 5) is 0. The molecule has 0 spiro atoms. The van der Waals surface area contributed by atoms with Crippen LogP contribution in [0.5, 0.6) is 46.0 Å². The Morgan fingerprint density at radius 2 is 1.05 bits per heavy atom. The zero-order valence-corrected chi connectivity index (χ0v) is 26.6. The summed E-state index contributed by atoms with van der Waals surface area (Å²) in [7, 11) is 13.4. The monoisotopic (exact) mass is 600 g/mol. The molecule has 0 aromatic heterocycles. The van der Waals surface area contributed by atoms with E-state index in [9.17, 15) is 0 Å².